The molecule has 0 bridgehead atoms. The average molecular weight is 352 g/mol. The molecule has 0 N–H and O–H groups in total. The van der Waals surface area contributed by atoms with Crippen LogP contribution in [0.5, 0.6) is 5.75 Å². The van der Waals surface area contributed by atoms with Crippen LogP contribution in [0.15, 0.2) is 30.9 Å². The summed E-state index contributed by atoms with van der Waals surface area (Å²) in [7, 11) is 0. The lowest BCUT2D eigenvalue weighted by atomic mass is 9.60. The second-order valence-corrected chi connectivity index (χ2v) is 8.56. The third kappa shape index (κ3) is 1.63. The molecule has 1 aromatic carbocycles. The Labute approximate surface area is 157 Å². The summed E-state index contributed by atoms with van der Waals surface area (Å²) >= 11 is 0. The van der Waals surface area contributed by atoms with E-state index in [1.165, 1.54) is 28.3 Å². The van der Waals surface area contributed by atoms with E-state index < -0.39 is 5.72 Å². The molecule has 3 nitrogen and oxygen atoms in total. The first-order valence-corrected chi connectivity index (χ1v) is 9.81. The van der Waals surface area contributed by atoms with Gasteiger partial charge in [0.05, 0.1) is 0 Å². The topological polar surface area (TPSA) is 18.0 Å². The predicted molar refractivity (Wildman–Crippen MR) is 106 cm³/mol. The summed E-state index contributed by atoms with van der Waals surface area (Å²) in [5.74, 6) is 2.27. The van der Waals surface area contributed by atoms with Crippen LogP contribution in [0.1, 0.15) is 64.4 Å². The zero-order chi connectivity index (χ0) is 19.1. The Kier molecular flexibility index (Phi) is 3.36. The van der Waals surface area contributed by atoms with Crippen LogP contribution in [0.3, 0.4) is 0 Å². The molecule has 0 aliphatic carbocycles. The number of benzene rings is 1. The van der Waals surface area contributed by atoms with Crippen molar-refractivity contribution in [2.75, 3.05) is 0 Å². The van der Waals surface area contributed by atoms with Gasteiger partial charge in [0, 0.05) is 33.1 Å². The van der Waals surface area contributed by atoms with Gasteiger partial charge >= 0.3 is 0 Å². The van der Waals surface area contributed by atoms with E-state index in [9.17, 15) is 0 Å². The van der Waals surface area contributed by atoms with E-state index in [0.717, 1.165) is 18.6 Å². The van der Waals surface area contributed by atoms with Crippen LogP contribution in [-0.4, -0.2) is 4.57 Å². The molecule has 4 rings (SSSR count). The molecule has 0 saturated carbocycles. The summed E-state index contributed by atoms with van der Waals surface area (Å²) < 4.78 is 11.5. The van der Waals surface area contributed by atoms with Crippen molar-refractivity contribution < 1.29 is 9.30 Å². The Morgan fingerprint density at radius 3 is 2.42 bits per heavy atom. The van der Waals surface area contributed by atoms with Crippen LogP contribution in [0, 0.1) is 13.8 Å². The molecule has 1 aromatic heterocycles. The molecule has 2 unspecified atom stereocenters. The van der Waals surface area contributed by atoms with Crippen molar-refractivity contribution in [3.05, 3.63) is 47.8 Å². The van der Waals surface area contributed by atoms with Crippen molar-refractivity contribution in [2.24, 2.45) is 0 Å². The lowest BCUT2D eigenvalue weighted by molar-refractivity contribution is -0.790. The maximum absolute atomic E-state index is 6.51. The highest BCUT2D eigenvalue weighted by Crippen LogP contribution is 2.57. The molecule has 0 amide bonds. The van der Waals surface area contributed by atoms with Crippen molar-refractivity contribution in [3.63, 3.8) is 0 Å². The summed E-state index contributed by atoms with van der Waals surface area (Å²) in [5, 5.41) is 0. The minimum atomic E-state index is -0.415. The van der Waals surface area contributed by atoms with Crippen LogP contribution < -0.4 is 9.30 Å². The van der Waals surface area contributed by atoms with Gasteiger partial charge in [-0.05, 0) is 30.5 Å². The monoisotopic (exact) mass is 351 g/mol. The zero-order valence-electron chi connectivity index (χ0n) is 17.2. The van der Waals surface area contributed by atoms with Crippen molar-refractivity contribution >= 4 is 0 Å². The molecule has 26 heavy (non-hydrogen) atoms. The summed E-state index contributed by atoms with van der Waals surface area (Å²) in [6, 6.07) is 6.56. The van der Waals surface area contributed by atoms with Crippen LogP contribution in [0.4, 0.5) is 0 Å². The van der Waals surface area contributed by atoms with Gasteiger partial charge in [0.1, 0.15) is 28.2 Å². The summed E-state index contributed by atoms with van der Waals surface area (Å²) in [4.78, 5) is 0. The predicted octanol–water partition coefficient (Wildman–Crippen LogP) is 5.12. The minimum absolute atomic E-state index is 0.0409. The smallest absolute Gasteiger partial charge is 0.297 e. The summed E-state index contributed by atoms with van der Waals surface area (Å²) in [6.07, 6.45) is 4.25. The van der Waals surface area contributed by atoms with Gasteiger partial charge in [0.2, 0.25) is 5.72 Å². The molecule has 3 heteroatoms. The van der Waals surface area contributed by atoms with Gasteiger partial charge in [-0.2, -0.15) is 4.57 Å². The van der Waals surface area contributed by atoms with Crippen LogP contribution >= 0.6 is 0 Å². The molecule has 2 aliphatic rings. The fraction of sp³-hybridized carbons (Fsp3) is 0.522. The Balaban J connectivity index is 2.29. The third-order valence-corrected chi connectivity index (χ3v) is 7.30. The molecule has 2 aliphatic heterocycles. The van der Waals surface area contributed by atoms with E-state index >= 15 is 0 Å². The standard InChI is InChI=1S/C23H31N2O/c1-9-22(8)17-13-12-14-18-19(17)20-24(21(6,7)26-18)15(4)16(5)25(20)23(22,10-2)11-3/h10,12-14H,2,9,11H2,1,3-8H3/q+1. The average Bonchev–Trinajstić information content (AvgIpc) is 2.88. The van der Waals surface area contributed by atoms with E-state index in [4.69, 9.17) is 4.74 Å². The highest BCUT2D eigenvalue weighted by atomic mass is 16.5. The number of nitrogens with zero attached hydrogens (tertiary/aromatic N) is 2. The molecule has 0 radical (unpaired) electrons. The lowest BCUT2D eigenvalue weighted by Gasteiger charge is -2.49. The molecule has 138 valence electrons. The van der Waals surface area contributed by atoms with Crippen molar-refractivity contribution in [3.8, 4) is 17.1 Å². The molecular weight excluding hydrogens is 320 g/mol. The first-order chi connectivity index (χ1) is 12.2. The fourth-order valence-corrected chi connectivity index (χ4v) is 5.72. The number of rotatable bonds is 3. The first kappa shape index (κ1) is 17.4. The third-order valence-electron chi connectivity index (χ3n) is 7.30. The fourth-order valence-electron chi connectivity index (χ4n) is 5.72. The van der Waals surface area contributed by atoms with Gasteiger partial charge in [-0.3, -0.25) is 0 Å². The Bertz CT molecular complexity index is 936. The number of ether oxygens (including phenoxy) is 1. The maximum atomic E-state index is 6.51. The first-order valence-electron chi connectivity index (χ1n) is 9.81. The van der Waals surface area contributed by atoms with Crippen LogP contribution in [-0.2, 0) is 16.7 Å². The van der Waals surface area contributed by atoms with E-state index in [1.54, 1.807) is 0 Å². The molecule has 0 fully saturated rings. The van der Waals surface area contributed by atoms with Crippen molar-refractivity contribution in [1.82, 2.24) is 4.57 Å². The largest absolute Gasteiger partial charge is 0.449 e. The highest BCUT2D eigenvalue weighted by Gasteiger charge is 2.60. The lowest BCUT2D eigenvalue weighted by Crippen LogP contribution is -2.63. The van der Waals surface area contributed by atoms with Gasteiger partial charge in [0.25, 0.3) is 5.82 Å². The molecule has 0 spiro atoms. The molecule has 2 aromatic rings. The van der Waals surface area contributed by atoms with Crippen LogP contribution in [0.25, 0.3) is 11.4 Å². The Morgan fingerprint density at radius 1 is 1.15 bits per heavy atom. The SMILES string of the molecule is C=CC1(CC)n2c(C)c(C)[n+]3c2-c2c(cccc2C1(C)CC)OC3(C)C. The van der Waals surface area contributed by atoms with Gasteiger partial charge < -0.3 is 4.74 Å². The van der Waals surface area contributed by atoms with Gasteiger partial charge in [-0.25, -0.2) is 4.57 Å². The number of hydrogen-bond acceptors (Lipinski definition) is 1. The maximum Gasteiger partial charge on any atom is 0.297 e. The van der Waals surface area contributed by atoms with Crippen LogP contribution in [0.2, 0.25) is 0 Å². The van der Waals surface area contributed by atoms with Gasteiger partial charge in [0.15, 0.2) is 0 Å². The molecule has 2 atom stereocenters. The molecule has 3 heterocycles. The van der Waals surface area contributed by atoms with Gasteiger partial charge in [-0.1, -0.05) is 39.5 Å². The van der Waals surface area contributed by atoms with E-state index in [0.29, 0.717) is 0 Å². The van der Waals surface area contributed by atoms with E-state index in [1.807, 2.05) is 0 Å². The normalized spacial score (nSPS) is 27.7. The number of imidazole rings is 1. The second-order valence-electron chi connectivity index (χ2n) is 8.56. The Morgan fingerprint density at radius 2 is 1.85 bits per heavy atom. The molecule has 0 saturated heterocycles. The quantitative estimate of drug-likeness (QED) is 0.554. The van der Waals surface area contributed by atoms with E-state index in [2.05, 4.69) is 88.5 Å². The zero-order valence-corrected chi connectivity index (χ0v) is 17.2. The van der Waals surface area contributed by atoms with Crippen molar-refractivity contribution in [2.45, 2.75) is 78.0 Å². The summed E-state index contributed by atoms with van der Waals surface area (Å²) in [6.45, 7) is 20.1. The highest BCUT2D eigenvalue weighted by molar-refractivity contribution is 5.73. The number of aromatic nitrogens is 2. The molecular formula is C23H31N2O+. The Hall–Kier alpha value is -2.03. The second kappa shape index (κ2) is 5.03. The van der Waals surface area contributed by atoms with Crippen molar-refractivity contribution in [1.29, 1.82) is 0 Å². The van der Waals surface area contributed by atoms with E-state index in [-0.39, 0.29) is 11.0 Å². The minimum Gasteiger partial charge on any atom is -0.449 e. The number of allylic oxidation sites excluding steroid dienone is 1. The van der Waals surface area contributed by atoms with Gasteiger partial charge in [-0.15, -0.1) is 0 Å². The number of hydrogen-bond donors (Lipinski definition) is 0. The summed E-state index contributed by atoms with van der Waals surface area (Å²) in [5.41, 5.74) is 4.61.